The summed E-state index contributed by atoms with van der Waals surface area (Å²) in [6.07, 6.45) is 1.51. The Morgan fingerprint density at radius 3 is 2.32 bits per heavy atom. The number of sulfonamides is 1. The molecule has 1 aromatic carbocycles. The normalized spacial score (nSPS) is 11.7. The molecule has 1 N–H and O–H groups in total. The average molecular weight is 278 g/mol. The van der Waals surface area contributed by atoms with Crippen molar-refractivity contribution in [1.29, 1.82) is 0 Å². The maximum atomic E-state index is 12.2. The first-order valence-corrected chi connectivity index (χ1v) is 7.07. The molecule has 6 heteroatoms. The van der Waals surface area contributed by atoms with E-state index in [2.05, 4.69) is 4.98 Å². The SMILES string of the molecule is CN(C)S(=O)(=O)c1ccccc1-c1ccc(=O)[nH]c1. The second-order valence-electron chi connectivity index (χ2n) is 4.23. The van der Waals surface area contributed by atoms with E-state index in [4.69, 9.17) is 0 Å². The molecule has 0 amide bonds. The molecule has 1 aromatic heterocycles. The molecule has 0 fully saturated rings. The van der Waals surface area contributed by atoms with E-state index in [1.807, 2.05) is 0 Å². The van der Waals surface area contributed by atoms with Crippen LogP contribution >= 0.6 is 0 Å². The summed E-state index contributed by atoms with van der Waals surface area (Å²) < 4.78 is 25.7. The monoisotopic (exact) mass is 278 g/mol. The smallest absolute Gasteiger partial charge is 0.247 e. The van der Waals surface area contributed by atoms with Gasteiger partial charge in [-0.15, -0.1) is 0 Å². The van der Waals surface area contributed by atoms with Crippen LogP contribution in [0.3, 0.4) is 0 Å². The summed E-state index contributed by atoms with van der Waals surface area (Å²) in [6, 6.07) is 9.66. The molecule has 5 nitrogen and oxygen atoms in total. The molecule has 0 aliphatic carbocycles. The Balaban J connectivity index is 2.66. The van der Waals surface area contributed by atoms with E-state index in [-0.39, 0.29) is 10.5 Å². The van der Waals surface area contributed by atoms with Gasteiger partial charge in [-0.2, -0.15) is 0 Å². The number of aromatic nitrogens is 1. The first kappa shape index (κ1) is 13.5. The number of nitrogens with zero attached hydrogens (tertiary/aromatic N) is 1. The summed E-state index contributed by atoms with van der Waals surface area (Å²) >= 11 is 0. The van der Waals surface area contributed by atoms with Gasteiger partial charge in [-0.3, -0.25) is 4.79 Å². The topological polar surface area (TPSA) is 70.2 Å². The molecule has 0 atom stereocenters. The Hall–Kier alpha value is -1.92. The van der Waals surface area contributed by atoms with Gasteiger partial charge in [0.1, 0.15) is 0 Å². The molecular weight excluding hydrogens is 264 g/mol. The van der Waals surface area contributed by atoms with Crippen molar-refractivity contribution in [3.05, 3.63) is 52.9 Å². The number of benzene rings is 1. The molecule has 1 heterocycles. The second kappa shape index (κ2) is 4.99. The fraction of sp³-hybridized carbons (Fsp3) is 0.154. The lowest BCUT2D eigenvalue weighted by Gasteiger charge is -2.15. The molecule has 0 aliphatic heterocycles. The third-order valence-corrected chi connectivity index (χ3v) is 4.61. The molecule has 0 unspecified atom stereocenters. The van der Waals surface area contributed by atoms with Crippen molar-refractivity contribution in [3.8, 4) is 11.1 Å². The fourth-order valence-electron chi connectivity index (χ4n) is 1.70. The average Bonchev–Trinajstić information content (AvgIpc) is 2.39. The summed E-state index contributed by atoms with van der Waals surface area (Å²) in [5, 5.41) is 0. The molecule has 0 saturated carbocycles. The van der Waals surface area contributed by atoms with Crippen molar-refractivity contribution in [2.75, 3.05) is 14.1 Å². The first-order chi connectivity index (χ1) is 8.93. The molecular formula is C13H14N2O3S. The van der Waals surface area contributed by atoms with Crippen LogP contribution in [0.1, 0.15) is 0 Å². The molecule has 0 bridgehead atoms. The Morgan fingerprint density at radius 2 is 1.74 bits per heavy atom. The zero-order chi connectivity index (χ0) is 14.0. The summed E-state index contributed by atoms with van der Waals surface area (Å²) in [7, 11) is -0.554. The van der Waals surface area contributed by atoms with Crippen molar-refractivity contribution < 1.29 is 8.42 Å². The quantitative estimate of drug-likeness (QED) is 0.919. The lowest BCUT2D eigenvalue weighted by Crippen LogP contribution is -2.22. The Bertz CT molecular complexity index is 728. The minimum absolute atomic E-state index is 0.215. The summed E-state index contributed by atoms with van der Waals surface area (Å²) in [6.45, 7) is 0. The van der Waals surface area contributed by atoms with Gasteiger partial charge in [-0.1, -0.05) is 18.2 Å². The van der Waals surface area contributed by atoms with Crippen LogP contribution in [0.4, 0.5) is 0 Å². The molecule has 0 saturated heterocycles. The van der Waals surface area contributed by atoms with Gasteiger partial charge in [0.25, 0.3) is 0 Å². The Morgan fingerprint density at radius 1 is 1.05 bits per heavy atom. The van der Waals surface area contributed by atoms with Crippen LogP contribution in [-0.4, -0.2) is 31.8 Å². The Labute approximate surface area is 111 Å². The van der Waals surface area contributed by atoms with E-state index < -0.39 is 10.0 Å². The van der Waals surface area contributed by atoms with Gasteiger partial charge < -0.3 is 4.98 Å². The molecule has 2 aromatic rings. The maximum absolute atomic E-state index is 12.2. The van der Waals surface area contributed by atoms with Gasteiger partial charge in [0.15, 0.2) is 0 Å². The second-order valence-corrected chi connectivity index (χ2v) is 6.35. The van der Waals surface area contributed by atoms with Crippen LogP contribution in [0.15, 0.2) is 52.3 Å². The van der Waals surface area contributed by atoms with Crippen LogP contribution in [-0.2, 0) is 10.0 Å². The number of pyridine rings is 1. The van der Waals surface area contributed by atoms with Gasteiger partial charge >= 0.3 is 0 Å². The number of aromatic amines is 1. The van der Waals surface area contributed by atoms with Crippen LogP contribution in [0.5, 0.6) is 0 Å². The lowest BCUT2D eigenvalue weighted by atomic mass is 10.1. The maximum Gasteiger partial charge on any atom is 0.247 e. The highest BCUT2D eigenvalue weighted by Crippen LogP contribution is 2.27. The van der Waals surface area contributed by atoms with Gasteiger partial charge in [0, 0.05) is 31.9 Å². The van der Waals surface area contributed by atoms with Crippen molar-refractivity contribution in [2.24, 2.45) is 0 Å². The molecule has 0 radical (unpaired) electrons. The predicted molar refractivity (Wildman–Crippen MR) is 73.4 cm³/mol. The number of H-pyrrole nitrogens is 1. The minimum atomic E-state index is -3.52. The third-order valence-electron chi connectivity index (χ3n) is 2.74. The van der Waals surface area contributed by atoms with Crippen LogP contribution in [0, 0.1) is 0 Å². The zero-order valence-corrected chi connectivity index (χ0v) is 11.4. The number of nitrogens with one attached hydrogen (secondary N) is 1. The molecule has 0 spiro atoms. The van der Waals surface area contributed by atoms with Crippen LogP contribution in [0.25, 0.3) is 11.1 Å². The Kier molecular flexibility index (Phi) is 3.55. The lowest BCUT2D eigenvalue weighted by molar-refractivity contribution is 0.521. The van der Waals surface area contributed by atoms with E-state index in [1.165, 1.54) is 26.4 Å². The minimum Gasteiger partial charge on any atom is -0.328 e. The summed E-state index contributed by atoms with van der Waals surface area (Å²) in [4.78, 5) is 13.8. The van der Waals surface area contributed by atoms with Gasteiger partial charge in [-0.25, -0.2) is 12.7 Å². The van der Waals surface area contributed by atoms with Crippen LogP contribution < -0.4 is 5.56 Å². The van der Waals surface area contributed by atoms with E-state index in [0.29, 0.717) is 11.1 Å². The summed E-state index contributed by atoms with van der Waals surface area (Å²) in [5.41, 5.74) is 0.991. The van der Waals surface area contributed by atoms with Crippen molar-refractivity contribution in [3.63, 3.8) is 0 Å². The third kappa shape index (κ3) is 2.59. The zero-order valence-electron chi connectivity index (χ0n) is 10.6. The van der Waals surface area contributed by atoms with Gasteiger partial charge in [0.05, 0.1) is 4.90 Å². The highest BCUT2D eigenvalue weighted by molar-refractivity contribution is 7.89. The molecule has 2 rings (SSSR count). The van der Waals surface area contributed by atoms with Crippen molar-refractivity contribution in [1.82, 2.24) is 9.29 Å². The highest BCUT2D eigenvalue weighted by atomic mass is 32.2. The van der Waals surface area contributed by atoms with Gasteiger partial charge in [0.2, 0.25) is 15.6 Å². The molecule has 0 aliphatic rings. The predicted octanol–water partition coefficient (Wildman–Crippen LogP) is 1.29. The van der Waals surface area contributed by atoms with Crippen molar-refractivity contribution >= 4 is 10.0 Å². The fourth-order valence-corrected chi connectivity index (χ4v) is 2.81. The first-order valence-electron chi connectivity index (χ1n) is 5.63. The van der Waals surface area contributed by atoms with E-state index in [0.717, 1.165) is 4.31 Å². The molecule has 100 valence electrons. The van der Waals surface area contributed by atoms with E-state index >= 15 is 0 Å². The van der Waals surface area contributed by atoms with Gasteiger partial charge in [-0.05, 0) is 17.7 Å². The van der Waals surface area contributed by atoms with E-state index in [9.17, 15) is 13.2 Å². The summed E-state index contributed by atoms with van der Waals surface area (Å²) in [5.74, 6) is 0. The van der Waals surface area contributed by atoms with Crippen LogP contribution in [0.2, 0.25) is 0 Å². The van der Waals surface area contributed by atoms with E-state index in [1.54, 1.807) is 30.3 Å². The largest absolute Gasteiger partial charge is 0.328 e. The number of hydrogen-bond acceptors (Lipinski definition) is 3. The number of hydrogen-bond donors (Lipinski definition) is 1. The molecule has 19 heavy (non-hydrogen) atoms. The van der Waals surface area contributed by atoms with Crippen molar-refractivity contribution in [2.45, 2.75) is 4.90 Å². The highest BCUT2D eigenvalue weighted by Gasteiger charge is 2.21. The standard InChI is InChI=1S/C13H14N2O3S/c1-15(2)19(17,18)12-6-4-3-5-11(12)10-7-8-13(16)14-9-10/h3-9H,1-2H3,(H,14,16). The number of rotatable bonds is 3.